The van der Waals surface area contributed by atoms with E-state index in [9.17, 15) is 4.79 Å². The second kappa shape index (κ2) is 6.37. The molecule has 1 atom stereocenters. The Balaban J connectivity index is 1.99. The van der Waals surface area contributed by atoms with Gasteiger partial charge in [0.25, 0.3) is 5.91 Å². The van der Waals surface area contributed by atoms with Gasteiger partial charge in [-0.15, -0.1) is 0 Å². The summed E-state index contributed by atoms with van der Waals surface area (Å²) in [5.74, 6) is 0.874. The van der Waals surface area contributed by atoms with E-state index < -0.39 is 0 Å². The molecule has 0 aliphatic carbocycles. The summed E-state index contributed by atoms with van der Waals surface area (Å²) in [6.07, 6.45) is 2.20. The molecular weight excluding hydrogens is 405 g/mol. The van der Waals surface area contributed by atoms with Crippen LogP contribution in [0.4, 0.5) is 0 Å². The van der Waals surface area contributed by atoms with E-state index in [2.05, 4.69) is 45.4 Å². The van der Waals surface area contributed by atoms with Gasteiger partial charge in [-0.25, -0.2) is 0 Å². The van der Waals surface area contributed by atoms with Crippen LogP contribution in [0.3, 0.4) is 0 Å². The summed E-state index contributed by atoms with van der Waals surface area (Å²) in [6.45, 7) is 3.96. The highest BCUT2D eigenvalue weighted by molar-refractivity contribution is 14.1. The number of alkyl halides is 1. The Morgan fingerprint density at radius 1 is 1.44 bits per heavy atom. The van der Waals surface area contributed by atoms with Gasteiger partial charge in [-0.05, 0) is 59.5 Å². The van der Waals surface area contributed by atoms with Gasteiger partial charge in [0.15, 0.2) is 0 Å². The molecule has 1 saturated heterocycles. The van der Waals surface area contributed by atoms with E-state index in [0.29, 0.717) is 10.7 Å². The first-order valence-electron chi connectivity index (χ1n) is 6.27. The molecule has 1 fully saturated rings. The highest BCUT2D eigenvalue weighted by Crippen LogP contribution is 2.25. The molecule has 0 saturated carbocycles. The van der Waals surface area contributed by atoms with Gasteiger partial charge < -0.3 is 4.90 Å². The summed E-state index contributed by atoms with van der Waals surface area (Å²) in [6, 6.07) is 7.82. The van der Waals surface area contributed by atoms with Crippen molar-refractivity contribution < 1.29 is 4.79 Å². The van der Waals surface area contributed by atoms with Crippen LogP contribution < -0.4 is 0 Å². The minimum absolute atomic E-state index is 0.175. The fraction of sp³-hybridized carbons (Fsp3) is 0.500. The van der Waals surface area contributed by atoms with Gasteiger partial charge in [0.1, 0.15) is 0 Å². The number of benzene rings is 1. The second-order valence-corrected chi connectivity index (χ2v) is 7.51. The predicted molar refractivity (Wildman–Crippen MR) is 86.2 cm³/mol. The maximum Gasteiger partial charge on any atom is 0.253 e. The van der Waals surface area contributed by atoms with E-state index in [4.69, 9.17) is 0 Å². The first-order chi connectivity index (χ1) is 8.58. The number of hydrogen-bond donors (Lipinski definition) is 0. The molecule has 1 aliphatic rings. The number of carbonyl (C=O) groups excluding carboxylic acids is 1. The zero-order chi connectivity index (χ0) is 13.1. The van der Waals surface area contributed by atoms with Crippen molar-refractivity contribution in [3.05, 3.63) is 33.4 Å². The maximum absolute atomic E-state index is 12.3. The Bertz CT molecular complexity index is 428. The molecule has 0 spiro atoms. The molecule has 2 rings (SSSR count). The Labute approximate surface area is 130 Å². The summed E-state index contributed by atoms with van der Waals surface area (Å²) in [4.78, 5) is 14.9. The van der Waals surface area contributed by atoms with E-state index in [0.717, 1.165) is 35.1 Å². The molecular formula is C14H17BrINO. The molecule has 1 aromatic carbocycles. The van der Waals surface area contributed by atoms with Crippen LogP contribution in [0.2, 0.25) is 0 Å². The summed E-state index contributed by atoms with van der Waals surface area (Å²) < 4.78 is 1.11. The monoisotopic (exact) mass is 421 g/mol. The van der Waals surface area contributed by atoms with Crippen molar-refractivity contribution in [1.82, 2.24) is 4.90 Å². The van der Waals surface area contributed by atoms with Gasteiger partial charge in [0.05, 0.1) is 0 Å². The van der Waals surface area contributed by atoms with Crippen LogP contribution in [-0.2, 0) is 0 Å². The summed E-state index contributed by atoms with van der Waals surface area (Å²) in [5, 5.41) is 0. The molecule has 0 aromatic heterocycles. The van der Waals surface area contributed by atoms with Crippen molar-refractivity contribution in [2.75, 3.05) is 13.1 Å². The molecule has 1 amide bonds. The molecule has 0 N–H and O–H groups in total. The summed E-state index contributed by atoms with van der Waals surface area (Å²) in [5.41, 5.74) is 0.812. The van der Waals surface area contributed by atoms with Gasteiger partial charge >= 0.3 is 0 Å². The molecule has 0 bridgehead atoms. The number of halogens is 2. The fourth-order valence-electron chi connectivity index (χ4n) is 2.37. The van der Waals surface area contributed by atoms with Crippen molar-refractivity contribution in [3.8, 4) is 0 Å². The van der Waals surface area contributed by atoms with Crippen molar-refractivity contribution in [3.63, 3.8) is 0 Å². The van der Waals surface area contributed by atoms with Gasteiger partial charge in [-0.2, -0.15) is 0 Å². The first kappa shape index (κ1) is 14.3. The Kier molecular flexibility index (Phi) is 5.06. The van der Waals surface area contributed by atoms with E-state index >= 15 is 0 Å². The second-order valence-electron chi connectivity index (χ2n) is 4.82. The van der Waals surface area contributed by atoms with Crippen LogP contribution in [0.1, 0.15) is 30.1 Å². The highest BCUT2D eigenvalue weighted by Gasteiger charge is 2.25. The van der Waals surface area contributed by atoms with Crippen molar-refractivity contribution in [1.29, 1.82) is 0 Å². The molecule has 98 valence electrons. The lowest BCUT2D eigenvalue weighted by molar-refractivity contribution is 0.0691. The number of likely N-dealkylation sites (tertiary alicyclic amines) is 1. The quantitative estimate of drug-likeness (QED) is 0.523. The van der Waals surface area contributed by atoms with Crippen LogP contribution >= 0.6 is 38.5 Å². The topological polar surface area (TPSA) is 20.3 Å². The van der Waals surface area contributed by atoms with Gasteiger partial charge in [-0.1, -0.05) is 28.9 Å². The lowest BCUT2D eigenvalue weighted by atomic mass is 9.94. The van der Waals surface area contributed by atoms with E-state index in [-0.39, 0.29) is 5.91 Å². The predicted octanol–water partition coefficient (Wildman–Crippen LogP) is 3.93. The molecule has 1 aromatic rings. The minimum Gasteiger partial charge on any atom is -0.339 e. The number of amides is 1. The molecule has 1 heterocycles. The molecule has 0 radical (unpaired) electrons. The lowest BCUT2D eigenvalue weighted by Crippen LogP contribution is -2.39. The molecule has 18 heavy (non-hydrogen) atoms. The zero-order valence-electron chi connectivity index (χ0n) is 10.4. The van der Waals surface area contributed by atoms with Crippen molar-refractivity contribution in [2.45, 2.75) is 24.6 Å². The third-order valence-corrected chi connectivity index (χ3v) is 4.97. The fourth-order valence-corrected chi connectivity index (χ4v) is 3.44. The SMILES string of the molecule is CC(Br)C1CCN(C(=O)c2cccc(I)c2)CC1. The number of hydrogen-bond acceptors (Lipinski definition) is 1. The maximum atomic E-state index is 12.3. The normalized spacial score (nSPS) is 18.7. The van der Waals surface area contributed by atoms with Crippen LogP contribution in [0, 0.1) is 9.49 Å². The van der Waals surface area contributed by atoms with Gasteiger partial charge in [0.2, 0.25) is 0 Å². The lowest BCUT2D eigenvalue weighted by Gasteiger charge is -2.33. The highest BCUT2D eigenvalue weighted by atomic mass is 127. The Hall–Kier alpha value is -0.100. The third-order valence-electron chi connectivity index (χ3n) is 3.55. The average Bonchev–Trinajstić information content (AvgIpc) is 2.38. The number of piperidine rings is 1. The molecule has 1 unspecified atom stereocenters. The Morgan fingerprint density at radius 2 is 2.11 bits per heavy atom. The standard InChI is InChI=1S/C14H17BrINO/c1-10(15)11-5-7-17(8-6-11)14(18)12-3-2-4-13(16)9-12/h2-4,9-11H,5-8H2,1H3. The minimum atomic E-state index is 0.175. The smallest absolute Gasteiger partial charge is 0.253 e. The van der Waals surface area contributed by atoms with E-state index in [1.807, 2.05) is 29.2 Å². The van der Waals surface area contributed by atoms with Gasteiger partial charge in [-0.3, -0.25) is 4.79 Å². The zero-order valence-corrected chi connectivity index (χ0v) is 14.1. The number of rotatable bonds is 2. The molecule has 2 nitrogen and oxygen atoms in total. The largest absolute Gasteiger partial charge is 0.339 e. The van der Waals surface area contributed by atoms with Crippen LogP contribution in [-0.4, -0.2) is 28.7 Å². The van der Waals surface area contributed by atoms with Crippen LogP contribution in [0.15, 0.2) is 24.3 Å². The molecule has 1 aliphatic heterocycles. The number of nitrogens with zero attached hydrogens (tertiary/aromatic N) is 1. The van der Waals surface area contributed by atoms with Gasteiger partial charge in [0, 0.05) is 27.1 Å². The van der Waals surface area contributed by atoms with E-state index in [1.54, 1.807) is 0 Å². The Morgan fingerprint density at radius 3 is 2.67 bits per heavy atom. The summed E-state index contributed by atoms with van der Waals surface area (Å²) in [7, 11) is 0. The van der Waals surface area contributed by atoms with Crippen LogP contribution in [0.5, 0.6) is 0 Å². The average molecular weight is 422 g/mol. The number of carbonyl (C=O) groups is 1. The summed E-state index contributed by atoms with van der Waals surface area (Å²) >= 11 is 5.89. The van der Waals surface area contributed by atoms with Crippen molar-refractivity contribution >= 4 is 44.4 Å². The third kappa shape index (κ3) is 3.47. The molecule has 4 heteroatoms. The van der Waals surface area contributed by atoms with Crippen molar-refractivity contribution in [2.24, 2.45) is 5.92 Å². The first-order valence-corrected chi connectivity index (χ1v) is 8.26. The van der Waals surface area contributed by atoms with E-state index in [1.165, 1.54) is 0 Å². The van der Waals surface area contributed by atoms with Crippen LogP contribution in [0.25, 0.3) is 0 Å².